The summed E-state index contributed by atoms with van der Waals surface area (Å²) in [6, 6.07) is 14.3. The fourth-order valence-corrected chi connectivity index (χ4v) is 5.60. The summed E-state index contributed by atoms with van der Waals surface area (Å²) in [6.45, 7) is 4.80. The predicted octanol–water partition coefficient (Wildman–Crippen LogP) is 6.30. The number of carbonyl (C=O) groups excluding carboxylic acids is 1. The van der Waals surface area contributed by atoms with Crippen LogP contribution in [-0.4, -0.2) is 33.1 Å². The quantitative estimate of drug-likeness (QED) is 0.284. The number of hydrogen-bond acceptors (Lipinski definition) is 4. The molecular formula is C30H27Cl2N3O4. The molecular weight excluding hydrogens is 537 g/mol. The zero-order chi connectivity index (χ0) is 27.8. The van der Waals surface area contributed by atoms with E-state index in [1.54, 1.807) is 4.57 Å². The topological polar surface area (TPSA) is 92.5 Å². The van der Waals surface area contributed by atoms with Crippen molar-refractivity contribution in [2.45, 2.75) is 46.1 Å². The maximum absolute atomic E-state index is 13.5. The second kappa shape index (κ2) is 10.8. The van der Waals surface area contributed by atoms with Gasteiger partial charge in [-0.15, -0.1) is 0 Å². The van der Waals surface area contributed by atoms with Gasteiger partial charge in [-0.05, 0) is 61.2 Å². The number of hydrogen-bond donors (Lipinski definition) is 1. The van der Waals surface area contributed by atoms with Crippen molar-refractivity contribution in [3.63, 3.8) is 0 Å². The minimum atomic E-state index is -1.32. The van der Waals surface area contributed by atoms with Crippen LogP contribution < -0.4 is 10.5 Å². The highest BCUT2D eigenvalue weighted by Gasteiger charge is 2.31. The van der Waals surface area contributed by atoms with Gasteiger partial charge >= 0.3 is 5.97 Å². The van der Waals surface area contributed by atoms with Crippen molar-refractivity contribution in [1.82, 2.24) is 9.55 Å². The first-order valence-corrected chi connectivity index (χ1v) is 13.6. The third-order valence-electron chi connectivity index (χ3n) is 7.10. The van der Waals surface area contributed by atoms with E-state index in [1.165, 1.54) is 17.0 Å². The molecule has 39 heavy (non-hydrogen) atoms. The van der Waals surface area contributed by atoms with E-state index in [0.717, 1.165) is 35.4 Å². The Kier molecular flexibility index (Phi) is 7.47. The number of aromatic nitrogens is 2. The molecule has 0 atom stereocenters. The number of nitrogens with zero attached hydrogens (tertiary/aromatic N) is 3. The molecule has 3 aromatic carbocycles. The van der Waals surface area contributed by atoms with Crippen LogP contribution in [0.1, 0.15) is 63.0 Å². The average molecular weight is 564 g/mol. The van der Waals surface area contributed by atoms with Crippen molar-refractivity contribution in [3.05, 3.63) is 103 Å². The Hall–Kier alpha value is -3.68. The Morgan fingerprint density at radius 1 is 1.03 bits per heavy atom. The molecule has 0 fully saturated rings. The van der Waals surface area contributed by atoms with Gasteiger partial charge in [0.15, 0.2) is 0 Å². The van der Waals surface area contributed by atoms with Crippen molar-refractivity contribution in [2.75, 3.05) is 11.4 Å². The number of carboxylic acids is 1. The maximum Gasteiger partial charge on any atom is 0.338 e. The number of anilines is 1. The van der Waals surface area contributed by atoms with Gasteiger partial charge in [-0.1, -0.05) is 60.3 Å². The van der Waals surface area contributed by atoms with Gasteiger partial charge in [-0.2, -0.15) is 0 Å². The second-order valence-corrected chi connectivity index (χ2v) is 10.6. The third kappa shape index (κ3) is 5.04. The Balaban J connectivity index is 1.50. The van der Waals surface area contributed by atoms with Crippen LogP contribution in [0.3, 0.4) is 0 Å². The molecule has 5 rings (SSSR count). The highest BCUT2D eigenvalue weighted by Crippen LogP contribution is 2.34. The van der Waals surface area contributed by atoms with E-state index in [9.17, 15) is 19.5 Å². The lowest BCUT2D eigenvalue weighted by Gasteiger charge is -2.20. The number of aromatic carboxylic acids is 1. The van der Waals surface area contributed by atoms with Gasteiger partial charge in [-0.3, -0.25) is 14.2 Å². The molecule has 9 heteroatoms. The molecule has 1 N–H and O–H groups in total. The van der Waals surface area contributed by atoms with Gasteiger partial charge in [0.2, 0.25) is 0 Å². The Labute approximate surface area is 235 Å². The number of rotatable bonds is 7. The summed E-state index contributed by atoms with van der Waals surface area (Å²) in [5.74, 6) is -1.07. The molecule has 7 nitrogen and oxygen atoms in total. The molecule has 1 aliphatic rings. The average Bonchev–Trinajstić information content (AvgIpc) is 3.33. The van der Waals surface area contributed by atoms with Crippen LogP contribution in [0.2, 0.25) is 10.0 Å². The number of fused-ring (bicyclic) bond motifs is 2. The number of halogens is 2. The number of benzene rings is 3. The smallest absolute Gasteiger partial charge is 0.338 e. The van der Waals surface area contributed by atoms with Crippen molar-refractivity contribution < 1.29 is 14.7 Å². The van der Waals surface area contributed by atoms with Gasteiger partial charge in [0.05, 0.1) is 38.6 Å². The van der Waals surface area contributed by atoms with Crippen LogP contribution in [0.25, 0.3) is 10.9 Å². The zero-order valence-electron chi connectivity index (χ0n) is 21.6. The Bertz CT molecular complexity index is 1700. The van der Waals surface area contributed by atoms with Gasteiger partial charge in [0.25, 0.3) is 11.5 Å². The van der Waals surface area contributed by atoms with Crippen LogP contribution in [0, 0.1) is 6.92 Å². The SMILES string of the molecule is CCCCc1nc2ccc(C)cc2c(=O)n1Cc1ccc2c(c1)CCN2C(=O)c1c(Cl)ccc(Cl)c1C(=O)O. The van der Waals surface area contributed by atoms with E-state index in [-0.39, 0.29) is 26.7 Å². The summed E-state index contributed by atoms with van der Waals surface area (Å²) in [7, 11) is 0. The van der Waals surface area contributed by atoms with Gasteiger partial charge < -0.3 is 10.0 Å². The van der Waals surface area contributed by atoms with Gasteiger partial charge in [0.1, 0.15) is 5.82 Å². The first-order valence-electron chi connectivity index (χ1n) is 12.8. The summed E-state index contributed by atoms with van der Waals surface area (Å²) in [4.78, 5) is 45.2. The lowest BCUT2D eigenvalue weighted by molar-refractivity contribution is 0.0692. The number of amides is 1. The molecule has 0 aliphatic carbocycles. The number of carboxylic acid groups (broad SMARTS) is 1. The minimum absolute atomic E-state index is 0.0323. The third-order valence-corrected chi connectivity index (χ3v) is 7.73. The highest BCUT2D eigenvalue weighted by atomic mass is 35.5. The number of carbonyl (C=O) groups is 2. The Morgan fingerprint density at radius 2 is 1.77 bits per heavy atom. The lowest BCUT2D eigenvalue weighted by Crippen LogP contribution is -2.30. The molecule has 1 aliphatic heterocycles. The largest absolute Gasteiger partial charge is 0.478 e. The van der Waals surface area contributed by atoms with E-state index >= 15 is 0 Å². The molecule has 0 saturated carbocycles. The molecule has 0 saturated heterocycles. The maximum atomic E-state index is 13.5. The predicted molar refractivity (Wildman–Crippen MR) is 154 cm³/mol. The standard InChI is InChI=1S/C30H27Cl2N3O4/c1-3-4-5-25-33-23-10-6-17(2)14-20(23)28(36)35(25)16-18-7-11-24-19(15-18)12-13-34(24)29(37)26-21(31)8-9-22(32)27(26)30(38)39/h6-11,14-15H,3-5,12-13,16H2,1-2H3,(H,38,39). The van der Waals surface area contributed by atoms with Gasteiger partial charge in [-0.25, -0.2) is 9.78 Å². The summed E-state index contributed by atoms with van der Waals surface area (Å²) in [5.41, 5.74) is 3.74. The molecule has 0 radical (unpaired) electrons. The summed E-state index contributed by atoms with van der Waals surface area (Å²) >= 11 is 12.4. The molecule has 4 aromatic rings. The monoisotopic (exact) mass is 563 g/mol. The van der Waals surface area contributed by atoms with Crippen molar-refractivity contribution in [1.29, 1.82) is 0 Å². The molecule has 1 aromatic heterocycles. The first-order chi connectivity index (χ1) is 18.7. The van der Waals surface area contributed by atoms with Crippen molar-refractivity contribution in [2.24, 2.45) is 0 Å². The van der Waals surface area contributed by atoms with Gasteiger partial charge in [0, 0.05) is 18.7 Å². The fourth-order valence-electron chi connectivity index (χ4n) is 5.12. The summed E-state index contributed by atoms with van der Waals surface area (Å²) in [6.07, 6.45) is 3.21. The highest BCUT2D eigenvalue weighted by molar-refractivity contribution is 6.39. The zero-order valence-corrected chi connectivity index (χ0v) is 23.1. The van der Waals surface area contributed by atoms with E-state index < -0.39 is 11.9 Å². The fraction of sp³-hybridized carbons (Fsp3) is 0.267. The summed E-state index contributed by atoms with van der Waals surface area (Å²) < 4.78 is 1.75. The summed E-state index contributed by atoms with van der Waals surface area (Å²) in [5, 5.41) is 10.3. The normalized spacial score (nSPS) is 12.7. The second-order valence-electron chi connectivity index (χ2n) is 9.80. The number of unbranched alkanes of at least 4 members (excludes halogenated alkanes) is 1. The molecule has 0 spiro atoms. The van der Waals surface area contributed by atoms with E-state index in [0.29, 0.717) is 42.5 Å². The first kappa shape index (κ1) is 26.9. The Morgan fingerprint density at radius 3 is 2.49 bits per heavy atom. The molecule has 0 unspecified atom stereocenters. The van der Waals surface area contributed by atoms with Crippen LogP contribution in [0.4, 0.5) is 5.69 Å². The molecule has 2 heterocycles. The number of aryl methyl sites for hydroxylation is 2. The van der Waals surface area contributed by atoms with E-state index in [2.05, 4.69) is 6.92 Å². The molecule has 0 bridgehead atoms. The lowest BCUT2D eigenvalue weighted by atomic mass is 10.1. The van der Waals surface area contributed by atoms with Crippen molar-refractivity contribution in [3.8, 4) is 0 Å². The minimum Gasteiger partial charge on any atom is -0.478 e. The van der Waals surface area contributed by atoms with Crippen LogP contribution in [0.5, 0.6) is 0 Å². The van der Waals surface area contributed by atoms with E-state index in [1.807, 2.05) is 43.3 Å². The molecule has 1 amide bonds. The van der Waals surface area contributed by atoms with E-state index in [4.69, 9.17) is 28.2 Å². The van der Waals surface area contributed by atoms with Crippen LogP contribution >= 0.6 is 23.2 Å². The van der Waals surface area contributed by atoms with Crippen LogP contribution in [-0.2, 0) is 19.4 Å². The van der Waals surface area contributed by atoms with Crippen molar-refractivity contribution >= 4 is 51.7 Å². The molecule has 200 valence electrons. The van der Waals surface area contributed by atoms with Crippen LogP contribution in [0.15, 0.2) is 53.3 Å².